The molecule has 1 aromatic carbocycles. The minimum atomic E-state index is -0.792. The van der Waals surface area contributed by atoms with Gasteiger partial charge in [-0.05, 0) is 49.3 Å². The molecule has 1 saturated carbocycles. The van der Waals surface area contributed by atoms with Gasteiger partial charge in [-0.3, -0.25) is 0 Å². The van der Waals surface area contributed by atoms with Gasteiger partial charge in [-0.25, -0.2) is 4.79 Å². The van der Waals surface area contributed by atoms with Crippen LogP contribution in [-0.2, 0) is 6.42 Å². The summed E-state index contributed by atoms with van der Waals surface area (Å²) in [5.74, 6) is 0.0130. The second-order valence-corrected chi connectivity index (χ2v) is 5.81. The highest BCUT2D eigenvalue weighted by molar-refractivity contribution is 5.91. The third-order valence-electron chi connectivity index (χ3n) is 4.53. The normalized spacial score (nSPS) is 19.5. The maximum absolute atomic E-state index is 11.3. The van der Waals surface area contributed by atoms with Gasteiger partial charge in [-0.15, -0.1) is 0 Å². The van der Waals surface area contributed by atoms with Crippen LogP contribution in [0.1, 0.15) is 48.0 Å². The number of carboxylic acids is 1. The molecule has 1 aromatic rings. The Balaban J connectivity index is 1.87. The monoisotopic (exact) mass is 259 g/mol. The Morgan fingerprint density at radius 2 is 2.05 bits per heavy atom. The SMILES string of the molecule is O=C(O)c1cccc2c1CCCN2CC1CCCC1. The van der Waals surface area contributed by atoms with Crippen LogP contribution in [0.4, 0.5) is 5.69 Å². The molecule has 0 bridgehead atoms. The van der Waals surface area contributed by atoms with Crippen LogP contribution in [0.5, 0.6) is 0 Å². The van der Waals surface area contributed by atoms with E-state index in [0.29, 0.717) is 5.56 Å². The number of benzene rings is 1. The zero-order chi connectivity index (χ0) is 13.2. The molecule has 0 amide bonds. The number of rotatable bonds is 3. The Labute approximate surface area is 114 Å². The highest BCUT2D eigenvalue weighted by atomic mass is 16.4. The van der Waals surface area contributed by atoms with Crippen molar-refractivity contribution in [2.45, 2.75) is 38.5 Å². The zero-order valence-corrected chi connectivity index (χ0v) is 11.3. The summed E-state index contributed by atoms with van der Waals surface area (Å²) in [7, 11) is 0. The first-order chi connectivity index (χ1) is 9.25. The van der Waals surface area contributed by atoms with Crippen molar-refractivity contribution in [2.24, 2.45) is 5.92 Å². The van der Waals surface area contributed by atoms with E-state index in [1.165, 1.54) is 25.7 Å². The van der Waals surface area contributed by atoms with Crippen molar-refractivity contribution in [3.8, 4) is 0 Å². The first-order valence-corrected chi connectivity index (χ1v) is 7.36. The van der Waals surface area contributed by atoms with Gasteiger partial charge in [-0.2, -0.15) is 0 Å². The van der Waals surface area contributed by atoms with Crippen LogP contribution in [0.3, 0.4) is 0 Å². The summed E-state index contributed by atoms with van der Waals surface area (Å²) in [5, 5.41) is 9.29. The van der Waals surface area contributed by atoms with Crippen LogP contribution in [0.15, 0.2) is 18.2 Å². The number of aromatic carboxylic acids is 1. The second kappa shape index (κ2) is 5.24. The van der Waals surface area contributed by atoms with Gasteiger partial charge in [0.05, 0.1) is 5.56 Å². The van der Waals surface area contributed by atoms with Crippen molar-refractivity contribution in [1.29, 1.82) is 0 Å². The number of carboxylic acid groups (broad SMARTS) is 1. The van der Waals surface area contributed by atoms with E-state index in [9.17, 15) is 9.90 Å². The molecule has 1 aliphatic carbocycles. The van der Waals surface area contributed by atoms with Crippen molar-refractivity contribution in [3.63, 3.8) is 0 Å². The van der Waals surface area contributed by atoms with Crippen LogP contribution < -0.4 is 4.90 Å². The summed E-state index contributed by atoms with van der Waals surface area (Å²) >= 11 is 0. The van der Waals surface area contributed by atoms with E-state index in [2.05, 4.69) is 11.0 Å². The van der Waals surface area contributed by atoms with Gasteiger partial charge < -0.3 is 10.0 Å². The molecule has 0 atom stereocenters. The summed E-state index contributed by atoms with van der Waals surface area (Å²) in [6, 6.07) is 5.71. The summed E-state index contributed by atoms with van der Waals surface area (Å²) in [5.41, 5.74) is 2.70. The fourth-order valence-electron chi connectivity index (χ4n) is 3.60. The minimum Gasteiger partial charge on any atom is -0.478 e. The summed E-state index contributed by atoms with van der Waals surface area (Å²) < 4.78 is 0. The number of anilines is 1. The fraction of sp³-hybridized carbons (Fsp3) is 0.562. The molecular weight excluding hydrogens is 238 g/mol. The van der Waals surface area contributed by atoms with Crippen molar-refractivity contribution in [3.05, 3.63) is 29.3 Å². The van der Waals surface area contributed by atoms with E-state index in [4.69, 9.17) is 0 Å². The molecule has 19 heavy (non-hydrogen) atoms. The van der Waals surface area contributed by atoms with Gasteiger partial charge in [0.15, 0.2) is 0 Å². The second-order valence-electron chi connectivity index (χ2n) is 5.81. The third-order valence-corrected chi connectivity index (χ3v) is 4.53. The summed E-state index contributed by atoms with van der Waals surface area (Å²) in [4.78, 5) is 13.7. The Morgan fingerprint density at radius 1 is 1.26 bits per heavy atom. The minimum absolute atomic E-state index is 0.494. The molecule has 3 nitrogen and oxygen atoms in total. The zero-order valence-electron chi connectivity index (χ0n) is 11.3. The molecule has 2 aliphatic rings. The molecule has 102 valence electrons. The number of nitrogens with zero attached hydrogens (tertiary/aromatic N) is 1. The van der Waals surface area contributed by atoms with Crippen molar-refractivity contribution >= 4 is 11.7 Å². The number of hydrogen-bond acceptors (Lipinski definition) is 2. The van der Waals surface area contributed by atoms with E-state index in [0.717, 1.165) is 43.1 Å². The maximum Gasteiger partial charge on any atom is 0.336 e. The quantitative estimate of drug-likeness (QED) is 0.905. The highest BCUT2D eigenvalue weighted by Crippen LogP contribution is 2.33. The van der Waals surface area contributed by atoms with Crippen molar-refractivity contribution in [1.82, 2.24) is 0 Å². The molecule has 0 spiro atoms. The molecule has 3 rings (SSSR count). The summed E-state index contributed by atoms with van der Waals surface area (Å²) in [6.07, 6.45) is 7.37. The van der Waals surface area contributed by atoms with E-state index in [1.807, 2.05) is 6.07 Å². The number of carbonyl (C=O) groups is 1. The molecular formula is C16H21NO2. The lowest BCUT2D eigenvalue weighted by molar-refractivity contribution is 0.0695. The topological polar surface area (TPSA) is 40.5 Å². The van der Waals surface area contributed by atoms with Crippen molar-refractivity contribution in [2.75, 3.05) is 18.0 Å². The Hall–Kier alpha value is -1.51. The highest BCUT2D eigenvalue weighted by Gasteiger charge is 2.25. The maximum atomic E-state index is 11.3. The molecule has 0 radical (unpaired) electrons. The van der Waals surface area contributed by atoms with Gasteiger partial charge >= 0.3 is 5.97 Å². The average molecular weight is 259 g/mol. The molecule has 0 unspecified atom stereocenters. The summed E-state index contributed by atoms with van der Waals surface area (Å²) in [6.45, 7) is 2.18. The van der Waals surface area contributed by atoms with E-state index in [-0.39, 0.29) is 0 Å². The van der Waals surface area contributed by atoms with E-state index < -0.39 is 5.97 Å². The molecule has 1 aliphatic heterocycles. The molecule has 0 saturated heterocycles. The molecule has 1 N–H and O–H groups in total. The predicted octanol–water partition coefficient (Wildman–Crippen LogP) is 3.33. The lowest BCUT2D eigenvalue weighted by atomic mass is 9.95. The molecule has 1 fully saturated rings. The average Bonchev–Trinajstić information content (AvgIpc) is 2.91. The van der Waals surface area contributed by atoms with Crippen LogP contribution in [-0.4, -0.2) is 24.2 Å². The Bertz CT molecular complexity index is 478. The Morgan fingerprint density at radius 3 is 2.79 bits per heavy atom. The predicted molar refractivity (Wildman–Crippen MR) is 75.9 cm³/mol. The van der Waals surface area contributed by atoms with Gasteiger partial charge in [0, 0.05) is 18.8 Å². The molecule has 1 heterocycles. The van der Waals surface area contributed by atoms with Crippen LogP contribution >= 0.6 is 0 Å². The van der Waals surface area contributed by atoms with E-state index >= 15 is 0 Å². The van der Waals surface area contributed by atoms with Crippen molar-refractivity contribution < 1.29 is 9.90 Å². The Kier molecular flexibility index (Phi) is 3.45. The van der Waals surface area contributed by atoms with Gasteiger partial charge in [0.25, 0.3) is 0 Å². The first kappa shape index (κ1) is 12.5. The lowest BCUT2D eigenvalue weighted by Crippen LogP contribution is -2.34. The molecule has 0 aromatic heterocycles. The molecule has 3 heteroatoms. The standard InChI is InChI=1S/C16H21NO2/c18-16(19)14-7-3-9-15-13(14)8-4-10-17(15)11-12-5-1-2-6-12/h3,7,9,12H,1-2,4-6,8,10-11H2,(H,18,19). The van der Waals surface area contributed by atoms with Crippen LogP contribution in [0.25, 0.3) is 0 Å². The van der Waals surface area contributed by atoms with Gasteiger partial charge in [-0.1, -0.05) is 18.9 Å². The van der Waals surface area contributed by atoms with Crippen LogP contribution in [0, 0.1) is 5.92 Å². The third kappa shape index (κ3) is 2.46. The lowest BCUT2D eigenvalue weighted by Gasteiger charge is -2.34. The van der Waals surface area contributed by atoms with Gasteiger partial charge in [0.2, 0.25) is 0 Å². The van der Waals surface area contributed by atoms with E-state index in [1.54, 1.807) is 6.07 Å². The first-order valence-electron chi connectivity index (χ1n) is 7.36. The van der Waals surface area contributed by atoms with Crippen LogP contribution in [0.2, 0.25) is 0 Å². The number of fused-ring (bicyclic) bond motifs is 1. The number of hydrogen-bond donors (Lipinski definition) is 1. The largest absolute Gasteiger partial charge is 0.478 e. The van der Waals surface area contributed by atoms with Gasteiger partial charge in [0.1, 0.15) is 0 Å². The smallest absolute Gasteiger partial charge is 0.336 e. The fourth-order valence-corrected chi connectivity index (χ4v) is 3.60.